The van der Waals surface area contributed by atoms with Gasteiger partial charge in [0.1, 0.15) is 5.54 Å². The first kappa shape index (κ1) is 14.8. The summed E-state index contributed by atoms with van der Waals surface area (Å²) in [7, 11) is 2.23. The lowest BCUT2D eigenvalue weighted by molar-refractivity contribution is 0.262. The van der Waals surface area contributed by atoms with E-state index in [2.05, 4.69) is 30.3 Å². The molecule has 0 aromatic rings. The van der Waals surface area contributed by atoms with Crippen molar-refractivity contribution in [2.75, 3.05) is 20.1 Å². The molecule has 0 amide bonds. The highest BCUT2D eigenvalue weighted by molar-refractivity contribution is 5.07. The Labute approximate surface area is 118 Å². The van der Waals surface area contributed by atoms with Crippen LogP contribution in [0.5, 0.6) is 0 Å². The van der Waals surface area contributed by atoms with E-state index in [-0.39, 0.29) is 5.54 Å². The molecule has 0 aromatic heterocycles. The van der Waals surface area contributed by atoms with Crippen LogP contribution in [-0.2, 0) is 0 Å². The molecule has 2 aliphatic rings. The van der Waals surface area contributed by atoms with Gasteiger partial charge in [0.25, 0.3) is 0 Å². The second-order valence-corrected chi connectivity index (χ2v) is 6.88. The predicted octanol–water partition coefficient (Wildman–Crippen LogP) is 2.92. The maximum Gasteiger partial charge on any atom is 0.104 e. The van der Waals surface area contributed by atoms with E-state index in [9.17, 15) is 5.26 Å². The zero-order valence-electron chi connectivity index (χ0n) is 12.6. The molecule has 3 heteroatoms. The monoisotopic (exact) mass is 263 g/mol. The van der Waals surface area contributed by atoms with E-state index in [1.807, 2.05) is 0 Å². The Balaban J connectivity index is 1.62. The van der Waals surface area contributed by atoms with E-state index in [0.29, 0.717) is 6.04 Å². The van der Waals surface area contributed by atoms with Crippen LogP contribution in [0, 0.1) is 17.2 Å². The van der Waals surface area contributed by atoms with Gasteiger partial charge in [0.2, 0.25) is 0 Å². The molecule has 0 spiro atoms. The number of nitriles is 1. The number of nitrogens with zero attached hydrogens (tertiary/aromatic N) is 2. The van der Waals surface area contributed by atoms with Gasteiger partial charge in [-0.25, -0.2) is 0 Å². The molecule has 3 nitrogen and oxygen atoms in total. The quantitative estimate of drug-likeness (QED) is 0.732. The first-order chi connectivity index (χ1) is 9.11. The summed E-state index contributed by atoms with van der Waals surface area (Å²) < 4.78 is 0. The van der Waals surface area contributed by atoms with Crippen LogP contribution in [-0.4, -0.2) is 36.6 Å². The van der Waals surface area contributed by atoms with Crippen LogP contribution in [0.25, 0.3) is 0 Å². The smallest absolute Gasteiger partial charge is 0.104 e. The summed E-state index contributed by atoms with van der Waals surface area (Å²) in [6.07, 6.45) is 10.3. The van der Waals surface area contributed by atoms with Gasteiger partial charge in [-0.1, -0.05) is 12.8 Å². The van der Waals surface area contributed by atoms with Crippen molar-refractivity contribution in [2.45, 2.75) is 69.9 Å². The van der Waals surface area contributed by atoms with E-state index in [1.165, 1.54) is 45.1 Å². The second kappa shape index (κ2) is 6.72. The summed E-state index contributed by atoms with van der Waals surface area (Å²) in [4.78, 5) is 2.46. The average molecular weight is 263 g/mol. The highest BCUT2D eigenvalue weighted by Gasteiger charge is 2.32. The highest BCUT2D eigenvalue weighted by atomic mass is 15.1. The summed E-state index contributed by atoms with van der Waals surface area (Å²) >= 11 is 0. The Kier molecular flexibility index (Phi) is 5.24. The molecule has 0 heterocycles. The third-order valence-corrected chi connectivity index (χ3v) is 4.61. The molecule has 0 saturated heterocycles. The van der Waals surface area contributed by atoms with Crippen molar-refractivity contribution < 1.29 is 0 Å². The van der Waals surface area contributed by atoms with E-state index < -0.39 is 0 Å². The number of nitrogens with one attached hydrogen (secondary N) is 1. The first-order valence-corrected chi connectivity index (χ1v) is 7.99. The maximum atomic E-state index is 9.33. The molecule has 0 aromatic carbocycles. The predicted molar refractivity (Wildman–Crippen MR) is 78.9 cm³/mol. The molecule has 19 heavy (non-hydrogen) atoms. The minimum atomic E-state index is -0.310. The molecular formula is C16H29N3. The molecule has 0 radical (unpaired) electrons. The van der Waals surface area contributed by atoms with Crippen LogP contribution in [0.2, 0.25) is 0 Å². The Bertz CT molecular complexity index is 312. The second-order valence-electron chi connectivity index (χ2n) is 6.88. The molecule has 0 aliphatic heterocycles. The number of rotatable bonds is 8. The van der Waals surface area contributed by atoms with E-state index in [4.69, 9.17) is 0 Å². The molecule has 2 saturated carbocycles. The van der Waals surface area contributed by atoms with Crippen LogP contribution in [0.3, 0.4) is 0 Å². The van der Waals surface area contributed by atoms with Gasteiger partial charge in [0, 0.05) is 12.6 Å². The number of hydrogen-bond donors (Lipinski definition) is 1. The maximum absolute atomic E-state index is 9.33. The van der Waals surface area contributed by atoms with Gasteiger partial charge in [0.05, 0.1) is 6.07 Å². The van der Waals surface area contributed by atoms with Crippen molar-refractivity contribution >= 4 is 0 Å². The summed E-state index contributed by atoms with van der Waals surface area (Å²) in [5.41, 5.74) is -0.310. The molecule has 1 N–H and O–H groups in total. The topological polar surface area (TPSA) is 39.1 Å². The third kappa shape index (κ3) is 5.12. The molecule has 1 unspecified atom stereocenters. The van der Waals surface area contributed by atoms with Crippen molar-refractivity contribution in [1.82, 2.24) is 10.2 Å². The normalized spacial score (nSPS) is 23.5. The van der Waals surface area contributed by atoms with Crippen molar-refractivity contribution in [3.8, 4) is 6.07 Å². The van der Waals surface area contributed by atoms with E-state index in [1.54, 1.807) is 0 Å². The van der Waals surface area contributed by atoms with Crippen molar-refractivity contribution in [2.24, 2.45) is 5.92 Å². The van der Waals surface area contributed by atoms with Gasteiger partial charge in [-0.05, 0) is 65.0 Å². The highest BCUT2D eigenvalue weighted by Crippen LogP contribution is 2.26. The van der Waals surface area contributed by atoms with Crippen LogP contribution >= 0.6 is 0 Å². The Morgan fingerprint density at radius 3 is 2.53 bits per heavy atom. The van der Waals surface area contributed by atoms with Crippen LogP contribution in [0.4, 0.5) is 0 Å². The van der Waals surface area contributed by atoms with Crippen LogP contribution < -0.4 is 5.32 Å². The van der Waals surface area contributed by atoms with Crippen molar-refractivity contribution in [3.63, 3.8) is 0 Å². The average Bonchev–Trinajstić information content (AvgIpc) is 3.03. The Morgan fingerprint density at radius 2 is 1.95 bits per heavy atom. The fourth-order valence-corrected chi connectivity index (χ4v) is 3.27. The lowest BCUT2D eigenvalue weighted by Crippen LogP contribution is -2.42. The Hall–Kier alpha value is -0.590. The fourth-order valence-electron chi connectivity index (χ4n) is 3.27. The first-order valence-electron chi connectivity index (χ1n) is 7.99. The zero-order chi connectivity index (χ0) is 13.7. The molecule has 2 aliphatic carbocycles. The van der Waals surface area contributed by atoms with Crippen LogP contribution in [0.1, 0.15) is 58.3 Å². The van der Waals surface area contributed by atoms with Gasteiger partial charge < -0.3 is 4.90 Å². The summed E-state index contributed by atoms with van der Waals surface area (Å²) in [5.74, 6) is 0.928. The standard InChI is InChI=1S/C16H29N3/c1-16(13-17,18-15-8-9-15)10-5-11-19(2)12-14-6-3-4-7-14/h14-15,18H,3-12H2,1-2H3. The summed E-state index contributed by atoms with van der Waals surface area (Å²) in [5, 5.41) is 12.8. The Morgan fingerprint density at radius 1 is 1.26 bits per heavy atom. The van der Waals surface area contributed by atoms with E-state index >= 15 is 0 Å². The van der Waals surface area contributed by atoms with Crippen LogP contribution in [0.15, 0.2) is 0 Å². The molecule has 2 rings (SSSR count). The largest absolute Gasteiger partial charge is 0.306 e. The van der Waals surface area contributed by atoms with Gasteiger partial charge >= 0.3 is 0 Å². The molecule has 1 atom stereocenters. The molecule has 108 valence electrons. The fraction of sp³-hybridized carbons (Fsp3) is 0.938. The summed E-state index contributed by atoms with van der Waals surface area (Å²) in [6, 6.07) is 3.08. The zero-order valence-corrected chi connectivity index (χ0v) is 12.6. The van der Waals surface area contributed by atoms with Gasteiger partial charge in [0.15, 0.2) is 0 Å². The molecule has 2 fully saturated rings. The number of hydrogen-bond acceptors (Lipinski definition) is 3. The van der Waals surface area contributed by atoms with Gasteiger partial charge in [-0.3, -0.25) is 5.32 Å². The van der Waals surface area contributed by atoms with Crippen molar-refractivity contribution in [3.05, 3.63) is 0 Å². The molecular weight excluding hydrogens is 234 g/mol. The summed E-state index contributed by atoms with van der Waals surface area (Å²) in [6.45, 7) is 4.43. The van der Waals surface area contributed by atoms with Crippen molar-refractivity contribution in [1.29, 1.82) is 5.26 Å². The lowest BCUT2D eigenvalue weighted by Gasteiger charge is -2.25. The molecule has 0 bridgehead atoms. The lowest BCUT2D eigenvalue weighted by atomic mass is 9.97. The van der Waals surface area contributed by atoms with E-state index in [0.717, 1.165) is 25.3 Å². The third-order valence-electron chi connectivity index (χ3n) is 4.61. The van der Waals surface area contributed by atoms with Gasteiger partial charge in [-0.2, -0.15) is 5.26 Å². The minimum absolute atomic E-state index is 0.310. The SMILES string of the molecule is CN(CCCC(C)(C#N)NC1CC1)CC1CCCC1. The minimum Gasteiger partial charge on any atom is -0.306 e. The van der Waals surface area contributed by atoms with Gasteiger partial charge in [-0.15, -0.1) is 0 Å².